The topological polar surface area (TPSA) is 98.7 Å². The van der Waals surface area contributed by atoms with E-state index in [1.807, 2.05) is 78.9 Å². The standard InChI is InChI=1S/C25H20N6O/c26-21-13-11-19(17-6-2-1-3-7-17)14-23(21)28-25(32)24-16-31(30-29-24)15-20-12-10-18-8-4-5-9-22(18)27-20/h1-14,16H,15,26H2,(H,28,32). The van der Waals surface area contributed by atoms with E-state index in [1.54, 1.807) is 16.9 Å². The lowest BCUT2D eigenvalue weighted by molar-refractivity contribution is 0.102. The van der Waals surface area contributed by atoms with Gasteiger partial charge in [-0.15, -0.1) is 5.10 Å². The van der Waals surface area contributed by atoms with Gasteiger partial charge in [0.25, 0.3) is 5.91 Å². The molecule has 5 rings (SSSR count). The number of hydrogen-bond donors (Lipinski definition) is 2. The number of carbonyl (C=O) groups excluding carboxylic acids is 1. The second-order valence-corrected chi connectivity index (χ2v) is 7.42. The molecule has 5 aromatic rings. The van der Waals surface area contributed by atoms with Crippen molar-refractivity contribution in [3.05, 3.63) is 103 Å². The van der Waals surface area contributed by atoms with Crippen molar-refractivity contribution in [2.75, 3.05) is 11.1 Å². The predicted molar refractivity (Wildman–Crippen MR) is 125 cm³/mol. The maximum Gasteiger partial charge on any atom is 0.277 e. The highest BCUT2D eigenvalue weighted by molar-refractivity contribution is 6.04. The summed E-state index contributed by atoms with van der Waals surface area (Å²) in [7, 11) is 0. The van der Waals surface area contributed by atoms with E-state index in [0.717, 1.165) is 27.7 Å². The summed E-state index contributed by atoms with van der Waals surface area (Å²) < 4.78 is 1.59. The van der Waals surface area contributed by atoms with Gasteiger partial charge in [0.2, 0.25) is 0 Å². The van der Waals surface area contributed by atoms with Crippen LogP contribution >= 0.6 is 0 Å². The molecule has 3 aromatic carbocycles. The van der Waals surface area contributed by atoms with Gasteiger partial charge < -0.3 is 11.1 Å². The Balaban J connectivity index is 1.32. The van der Waals surface area contributed by atoms with Gasteiger partial charge >= 0.3 is 0 Å². The normalized spacial score (nSPS) is 10.9. The molecule has 156 valence electrons. The molecule has 1 amide bonds. The molecule has 3 N–H and O–H groups in total. The minimum absolute atomic E-state index is 0.204. The molecular weight excluding hydrogens is 400 g/mol. The Morgan fingerprint density at radius 1 is 0.906 bits per heavy atom. The Labute approximate surface area is 184 Å². The van der Waals surface area contributed by atoms with Crippen LogP contribution in [0.15, 0.2) is 91.1 Å². The molecule has 0 bridgehead atoms. The third-order valence-electron chi connectivity index (χ3n) is 5.16. The number of carbonyl (C=O) groups is 1. The third kappa shape index (κ3) is 4.04. The Morgan fingerprint density at radius 3 is 2.59 bits per heavy atom. The van der Waals surface area contributed by atoms with Crippen molar-refractivity contribution in [1.29, 1.82) is 0 Å². The number of nitrogens with two attached hydrogens (primary N) is 1. The number of amides is 1. The summed E-state index contributed by atoms with van der Waals surface area (Å²) in [5, 5.41) is 12.0. The lowest BCUT2D eigenvalue weighted by Crippen LogP contribution is -2.14. The zero-order chi connectivity index (χ0) is 21.9. The molecule has 32 heavy (non-hydrogen) atoms. The quantitative estimate of drug-likeness (QED) is 0.411. The molecule has 7 nitrogen and oxygen atoms in total. The Morgan fingerprint density at radius 2 is 1.72 bits per heavy atom. The zero-order valence-corrected chi connectivity index (χ0v) is 17.1. The maximum absolute atomic E-state index is 12.8. The summed E-state index contributed by atoms with van der Waals surface area (Å²) in [6, 6.07) is 27.3. The average molecular weight is 420 g/mol. The molecule has 0 aliphatic rings. The number of hydrogen-bond acceptors (Lipinski definition) is 5. The molecular formula is C25H20N6O. The number of nitrogen functional groups attached to an aromatic ring is 1. The Hall–Kier alpha value is -4.52. The van der Waals surface area contributed by atoms with Crippen LogP contribution in [0.5, 0.6) is 0 Å². The molecule has 0 saturated carbocycles. The third-order valence-corrected chi connectivity index (χ3v) is 5.16. The second-order valence-electron chi connectivity index (χ2n) is 7.42. The SMILES string of the molecule is Nc1ccc(-c2ccccc2)cc1NC(=O)c1cn(Cc2ccc3ccccc3n2)nn1. The molecule has 0 unspecified atom stereocenters. The second kappa shape index (κ2) is 8.31. The lowest BCUT2D eigenvalue weighted by Gasteiger charge is -2.09. The van der Waals surface area contributed by atoms with Gasteiger partial charge in [-0.25, -0.2) is 4.68 Å². The van der Waals surface area contributed by atoms with Crippen LogP contribution in [0.25, 0.3) is 22.0 Å². The van der Waals surface area contributed by atoms with Crippen LogP contribution < -0.4 is 11.1 Å². The fourth-order valence-electron chi connectivity index (χ4n) is 3.50. The van der Waals surface area contributed by atoms with Crippen LogP contribution in [0.3, 0.4) is 0 Å². The molecule has 0 aliphatic heterocycles. The van der Waals surface area contributed by atoms with Crippen LogP contribution in [0.4, 0.5) is 11.4 Å². The van der Waals surface area contributed by atoms with Crippen LogP contribution in [0.1, 0.15) is 16.2 Å². The van der Waals surface area contributed by atoms with Crippen molar-refractivity contribution in [2.24, 2.45) is 0 Å². The zero-order valence-electron chi connectivity index (χ0n) is 17.1. The first-order chi connectivity index (χ1) is 15.7. The number of nitrogens with one attached hydrogen (secondary N) is 1. The van der Waals surface area contributed by atoms with Crippen LogP contribution in [-0.4, -0.2) is 25.9 Å². The first-order valence-corrected chi connectivity index (χ1v) is 10.2. The van der Waals surface area contributed by atoms with Crippen molar-refractivity contribution in [3.8, 4) is 11.1 Å². The van der Waals surface area contributed by atoms with Gasteiger partial charge in [-0.05, 0) is 35.4 Å². The highest BCUT2D eigenvalue weighted by Gasteiger charge is 2.14. The number of benzene rings is 3. The van der Waals surface area contributed by atoms with Crippen molar-refractivity contribution in [1.82, 2.24) is 20.0 Å². The van der Waals surface area contributed by atoms with E-state index in [2.05, 4.69) is 20.6 Å². The summed E-state index contributed by atoms with van der Waals surface area (Å²) in [6.07, 6.45) is 1.60. The summed E-state index contributed by atoms with van der Waals surface area (Å²) in [6.45, 7) is 0.413. The number of rotatable bonds is 5. The first-order valence-electron chi connectivity index (χ1n) is 10.2. The Bertz CT molecular complexity index is 1410. The van der Waals surface area contributed by atoms with E-state index in [-0.39, 0.29) is 11.6 Å². The van der Waals surface area contributed by atoms with Gasteiger partial charge in [0.05, 0.1) is 35.3 Å². The monoisotopic (exact) mass is 420 g/mol. The van der Waals surface area contributed by atoms with Gasteiger partial charge in [-0.2, -0.15) is 0 Å². The van der Waals surface area contributed by atoms with E-state index in [0.29, 0.717) is 17.9 Å². The van der Waals surface area contributed by atoms with Gasteiger partial charge in [0.1, 0.15) is 0 Å². The van der Waals surface area contributed by atoms with Crippen LogP contribution in [0, 0.1) is 0 Å². The highest BCUT2D eigenvalue weighted by atomic mass is 16.2. The fourth-order valence-corrected chi connectivity index (χ4v) is 3.50. The van der Waals surface area contributed by atoms with Crippen molar-refractivity contribution >= 4 is 28.2 Å². The van der Waals surface area contributed by atoms with Gasteiger partial charge in [-0.1, -0.05) is 65.9 Å². The van der Waals surface area contributed by atoms with E-state index < -0.39 is 0 Å². The summed E-state index contributed by atoms with van der Waals surface area (Å²) in [5.41, 5.74) is 11.0. The molecule has 0 atom stereocenters. The molecule has 2 aromatic heterocycles. The minimum atomic E-state index is -0.375. The smallest absolute Gasteiger partial charge is 0.277 e. The first kappa shape index (κ1) is 19.4. The van der Waals surface area contributed by atoms with E-state index in [4.69, 9.17) is 5.73 Å². The maximum atomic E-state index is 12.8. The van der Waals surface area contributed by atoms with E-state index in [1.165, 1.54) is 0 Å². The minimum Gasteiger partial charge on any atom is -0.397 e. The predicted octanol–water partition coefficient (Wildman–Crippen LogP) is 4.38. The van der Waals surface area contributed by atoms with Gasteiger partial charge in [0, 0.05) is 5.39 Å². The number of pyridine rings is 1. The molecule has 0 aliphatic carbocycles. The van der Waals surface area contributed by atoms with Gasteiger partial charge in [-0.3, -0.25) is 9.78 Å². The summed E-state index contributed by atoms with van der Waals surface area (Å²) in [5.74, 6) is -0.375. The molecule has 0 radical (unpaired) electrons. The Kier molecular flexibility index (Phi) is 5.05. The molecule has 0 saturated heterocycles. The van der Waals surface area contributed by atoms with Crippen molar-refractivity contribution in [2.45, 2.75) is 6.54 Å². The highest BCUT2D eigenvalue weighted by Crippen LogP contribution is 2.27. The van der Waals surface area contributed by atoms with E-state index >= 15 is 0 Å². The average Bonchev–Trinajstić information content (AvgIpc) is 3.29. The summed E-state index contributed by atoms with van der Waals surface area (Å²) in [4.78, 5) is 17.4. The molecule has 2 heterocycles. The number of nitrogens with zero attached hydrogens (tertiary/aromatic N) is 4. The number of para-hydroxylation sites is 1. The fraction of sp³-hybridized carbons (Fsp3) is 0.0400. The van der Waals surface area contributed by atoms with E-state index in [9.17, 15) is 4.79 Å². The molecule has 0 spiro atoms. The van der Waals surface area contributed by atoms with Gasteiger partial charge in [0.15, 0.2) is 5.69 Å². The largest absolute Gasteiger partial charge is 0.397 e. The number of aromatic nitrogens is 4. The molecule has 0 fully saturated rings. The summed E-state index contributed by atoms with van der Waals surface area (Å²) >= 11 is 0. The van der Waals surface area contributed by atoms with Crippen molar-refractivity contribution < 1.29 is 4.79 Å². The lowest BCUT2D eigenvalue weighted by atomic mass is 10.0. The molecule has 7 heteroatoms. The van der Waals surface area contributed by atoms with Crippen LogP contribution in [0.2, 0.25) is 0 Å². The number of anilines is 2. The number of fused-ring (bicyclic) bond motifs is 1. The van der Waals surface area contributed by atoms with Crippen molar-refractivity contribution in [3.63, 3.8) is 0 Å². The van der Waals surface area contributed by atoms with Crippen LogP contribution in [-0.2, 0) is 6.54 Å².